The maximum atomic E-state index is 12.9. The van der Waals surface area contributed by atoms with Crippen LogP contribution in [0.5, 0.6) is 0 Å². The number of urea groups is 1. The van der Waals surface area contributed by atoms with E-state index in [4.69, 9.17) is 0 Å². The predicted molar refractivity (Wildman–Crippen MR) is 103 cm³/mol. The zero-order valence-electron chi connectivity index (χ0n) is 15.1. The maximum absolute atomic E-state index is 12.9. The van der Waals surface area contributed by atoms with Crippen molar-refractivity contribution in [3.8, 4) is 0 Å². The number of nitrogens with one attached hydrogen (secondary N) is 2. The molecule has 0 radical (unpaired) electrons. The van der Waals surface area contributed by atoms with Crippen LogP contribution in [-0.4, -0.2) is 36.9 Å². The monoisotopic (exact) mass is 350 g/mol. The number of carbonyl (C=O) groups excluding carboxylic acids is 2. The lowest BCUT2D eigenvalue weighted by molar-refractivity contribution is -0.119. The zero-order valence-corrected chi connectivity index (χ0v) is 15.1. The predicted octanol–water partition coefficient (Wildman–Crippen LogP) is 2.53. The molecule has 2 aromatic carbocycles. The quantitative estimate of drug-likeness (QED) is 0.893. The van der Waals surface area contributed by atoms with Crippen LogP contribution in [0.25, 0.3) is 0 Å². The summed E-state index contributed by atoms with van der Waals surface area (Å²) in [6.45, 7) is 3.71. The Morgan fingerprint density at radius 3 is 2.42 bits per heavy atom. The van der Waals surface area contributed by atoms with Gasteiger partial charge in [-0.25, -0.2) is 9.79 Å². The molecule has 0 aliphatic carbocycles. The van der Waals surface area contributed by atoms with Gasteiger partial charge >= 0.3 is 6.03 Å². The number of fused-ring (bicyclic) bond motifs is 1. The molecule has 0 spiro atoms. The number of benzodiazepines with no additional fused rings is 1. The van der Waals surface area contributed by atoms with E-state index in [1.807, 2.05) is 68.4 Å². The van der Waals surface area contributed by atoms with Crippen molar-refractivity contribution in [1.82, 2.24) is 10.6 Å². The molecule has 134 valence electrons. The molecule has 2 aromatic rings. The third-order valence-corrected chi connectivity index (χ3v) is 4.08. The Kier molecular flexibility index (Phi) is 5.02. The highest BCUT2D eigenvalue weighted by Gasteiger charge is 2.30. The highest BCUT2D eigenvalue weighted by atomic mass is 16.2. The van der Waals surface area contributed by atoms with Crippen LogP contribution in [0.3, 0.4) is 0 Å². The fraction of sp³-hybridized carbons (Fsp3) is 0.250. The van der Waals surface area contributed by atoms with Crippen LogP contribution < -0.4 is 15.5 Å². The zero-order chi connectivity index (χ0) is 18.7. The first-order valence-electron chi connectivity index (χ1n) is 8.54. The van der Waals surface area contributed by atoms with Gasteiger partial charge in [0.2, 0.25) is 6.17 Å². The summed E-state index contributed by atoms with van der Waals surface area (Å²) in [5, 5.41) is 5.41. The van der Waals surface area contributed by atoms with Crippen molar-refractivity contribution >= 4 is 23.3 Å². The first kappa shape index (κ1) is 17.7. The van der Waals surface area contributed by atoms with E-state index in [0.717, 1.165) is 16.8 Å². The standard InChI is InChI=1S/C20H22N4O2/c1-13(2)21-20(26)23-18-19(25)24(3)16-12-8-7-11-15(16)17(22-18)14-9-5-4-6-10-14/h4-13,18H,1-3H3,(H2,21,23,26). The largest absolute Gasteiger partial charge is 0.336 e. The molecule has 1 unspecified atom stereocenters. The molecule has 1 aliphatic heterocycles. The molecule has 0 bridgehead atoms. The van der Waals surface area contributed by atoms with Gasteiger partial charge in [0.25, 0.3) is 5.91 Å². The molecular formula is C20H22N4O2. The number of rotatable bonds is 3. The molecule has 26 heavy (non-hydrogen) atoms. The number of carbonyl (C=O) groups is 2. The lowest BCUT2D eigenvalue weighted by Gasteiger charge is -2.21. The Labute approximate surface area is 152 Å². The summed E-state index contributed by atoms with van der Waals surface area (Å²) >= 11 is 0. The molecule has 2 N–H and O–H groups in total. The number of para-hydroxylation sites is 1. The SMILES string of the molecule is CC(C)NC(=O)NC1N=C(c2ccccc2)c2ccccc2N(C)C1=O. The Bertz CT molecular complexity index is 846. The summed E-state index contributed by atoms with van der Waals surface area (Å²) in [5.74, 6) is -0.290. The first-order chi connectivity index (χ1) is 12.5. The van der Waals surface area contributed by atoms with Crippen LogP contribution in [0.15, 0.2) is 59.6 Å². The Balaban J connectivity index is 2.07. The minimum Gasteiger partial charge on any atom is -0.336 e. The van der Waals surface area contributed by atoms with Crippen molar-refractivity contribution in [1.29, 1.82) is 0 Å². The number of amides is 3. The second kappa shape index (κ2) is 7.39. The molecule has 6 heteroatoms. The summed E-state index contributed by atoms with van der Waals surface area (Å²) < 4.78 is 0. The molecule has 1 aliphatic rings. The topological polar surface area (TPSA) is 73.8 Å². The smallest absolute Gasteiger partial charge is 0.317 e. The average molecular weight is 350 g/mol. The molecule has 0 aromatic heterocycles. The number of anilines is 1. The Hall–Kier alpha value is -3.15. The van der Waals surface area contributed by atoms with E-state index < -0.39 is 12.2 Å². The van der Waals surface area contributed by atoms with Crippen LogP contribution in [0, 0.1) is 0 Å². The van der Waals surface area contributed by atoms with E-state index in [1.165, 1.54) is 4.90 Å². The van der Waals surface area contributed by atoms with E-state index in [9.17, 15) is 9.59 Å². The van der Waals surface area contributed by atoms with E-state index in [1.54, 1.807) is 7.05 Å². The fourth-order valence-corrected chi connectivity index (χ4v) is 2.87. The van der Waals surface area contributed by atoms with Crippen molar-refractivity contribution < 1.29 is 9.59 Å². The minimum atomic E-state index is -0.999. The molecule has 3 rings (SSSR count). The van der Waals surface area contributed by atoms with Crippen molar-refractivity contribution in [3.05, 3.63) is 65.7 Å². The third kappa shape index (κ3) is 3.59. The summed E-state index contributed by atoms with van der Waals surface area (Å²) in [7, 11) is 1.69. The Morgan fingerprint density at radius 2 is 1.73 bits per heavy atom. The van der Waals surface area contributed by atoms with Crippen molar-refractivity contribution in [2.24, 2.45) is 4.99 Å². The summed E-state index contributed by atoms with van der Waals surface area (Å²) in [4.78, 5) is 31.2. The van der Waals surface area contributed by atoms with E-state index in [2.05, 4.69) is 15.6 Å². The van der Waals surface area contributed by atoms with E-state index in [-0.39, 0.29) is 11.9 Å². The minimum absolute atomic E-state index is 0.0385. The molecule has 6 nitrogen and oxygen atoms in total. The highest BCUT2D eigenvalue weighted by Crippen LogP contribution is 2.26. The van der Waals surface area contributed by atoms with Gasteiger partial charge < -0.3 is 15.5 Å². The maximum Gasteiger partial charge on any atom is 0.317 e. The first-order valence-corrected chi connectivity index (χ1v) is 8.54. The van der Waals surface area contributed by atoms with E-state index in [0.29, 0.717) is 5.71 Å². The van der Waals surface area contributed by atoms with Gasteiger partial charge in [0.15, 0.2) is 0 Å². The van der Waals surface area contributed by atoms with Gasteiger partial charge in [-0.05, 0) is 19.9 Å². The van der Waals surface area contributed by atoms with E-state index >= 15 is 0 Å². The number of nitrogens with zero attached hydrogens (tertiary/aromatic N) is 2. The highest BCUT2D eigenvalue weighted by molar-refractivity contribution is 6.20. The van der Waals surface area contributed by atoms with Crippen LogP contribution in [0.1, 0.15) is 25.0 Å². The lowest BCUT2D eigenvalue weighted by Crippen LogP contribution is -2.50. The van der Waals surface area contributed by atoms with Gasteiger partial charge in [-0.3, -0.25) is 4.79 Å². The summed E-state index contributed by atoms with van der Waals surface area (Å²) in [6.07, 6.45) is -0.999. The Morgan fingerprint density at radius 1 is 1.08 bits per heavy atom. The third-order valence-electron chi connectivity index (χ3n) is 4.08. The number of hydrogen-bond acceptors (Lipinski definition) is 3. The van der Waals surface area contributed by atoms with Crippen LogP contribution >= 0.6 is 0 Å². The van der Waals surface area contributed by atoms with Gasteiger partial charge in [-0.1, -0.05) is 48.5 Å². The summed E-state index contributed by atoms with van der Waals surface area (Å²) in [6, 6.07) is 16.8. The van der Waals surface area contributed by atoms with Gasteiger partial charge in [0.1, 0.15) is 0 Å². The van der Waals surface area contributed by atoms with Crippen LogP contribution in [0.4, 0.5) is 10.5 Å². The molecule has 3 amide bonds. The lowest BCUT2D eigenvalue weighted by atomic mass is 10.0. The van der Waals surface area contributed by atoms with Gasteiger partial charge in [-0.15, -0.1) is 0 Å². The van der Waals surface area contributed by atoms with Crippen molar-refractivity contribution in [2.75, 3.05) is 11.9 Å². The van der Waals surface area contributed by atoms with Crippen molar-refractivity contribution in [3.63, 3.8) is 0 Å². The molecule has 0 saturated heterocycles. The number of likely N-dealkylation sites (N-methyl/N-ethyl adjacent to an activating group) is 1. The molecule has 0 fully saturated rings. The van der Waals surface area contributed by atoms with Gasteiger partial charge in [0, 0.05) is 24.2 Å². The number of benzene rings is 2. The summed E-state index contributed by atoms with van der Waals surface area (Å²) in [5.41, 5.74) is 3.17. The van der Waals surface area contributed by atoms with Crippen LogP contribution in [0.2, 0.25) is 0 Å². The molecular weight excluding hydrogens is 328 g/mol. The normalized spacial score (nSPS) is 16.6. The van der Waals surface area contributed by atoms with Crippen LogP contribution in [-0.2, 0) is 4.79 Å². The van der Waals surface area contributed by atoms with Crippen molar-refractivity contribution in [2.45, 2.75) is 26.1 Å². The number of hydrogen-bond donors (Lipinski definition) is 2. The molecule has 0 saturated carbocycles. The van der Waals surface area contributed by atoms with Gasteiger partial charge in [0.05, 0.1) is 11.4 Å². The van der Waals surface area contributed by atoms with Gasteiger partial charge in [-0.2, -0.15) is 0 Å². The second-order valence-corrected chi connectivity index (χ2v) is 6.43. The number of aliphatic imine (C=N–C) groups is 1. The fourth-order valence-electron chi connectivity index (χ4n) is 2.87. The second-order valence-electron chi connectivity index (χ2n) is 6.43. The molecule has 1 heterocycles. The molecule has 1 atom stereocenters. The average Bonchev–Trinajstić information content (AvgIpc) is 2.73.